The van der Waals surface area contributed by atoms with Crippen molar-refractivity contribution in [3.63, 3.8) is 0 Å². The summed E-state index contributed by atoms with van der Waals surface area (Å²) in [5, 5.41) is 0. The first kappa shape index (κ1) is 9.36. The normalized spacial score (nSPS) is 43.8. The number of hydrogen-bond acceptors (Lipinski definition) is 5. The molecule has 5 nitrogen and oxygen atoms in total. The van der Waals surface area contributed by atoms with Crippen molar-refractivity contribution in [2.45, 2.75) is 24.4 Å². The van der Waals surface area contributed by atoms with E-state index < -0.39 is 5.72 Å². The van der Waals surface area contributed by atoms with E-state index in [4.69, 9.17) is 24.7 Å². The number of hydrogen-bond donors (Lipinski definition) is 1. The molecule has 2 fully saturated rings. The summed E-state index contributed by atoms with van der Waals surface area (Å²) in [5.41, 5.74) is 5.27. The lowest BCUT2D eigenvalue weighted by Crippen LogP contribution is -2.54. The summed E-state index contributed by atoms with van der Waals surface area (Å²) in [6.45, 7) is 1.36. The van der Waals surface area contributed by atoms with E-state index in [0.29, 0.717) is 13.2 Å². The summed E-state index contributed by atoms with van der Waals surface area (Å²) >= 11 is 0. The summed E-state index contributed by atoms with van der Waals surface area (Å²) in [6.07, 6.45) is 0.623. The van der Waals surface area contributed by atoms with E-state index in [1.807, 2.05) is 0 Å². The zero-order chi connectivity index (χ0) is 9.31. The van der Waals surface area contributed by atoms with Gasteiger partial charge in [0.2, 0.25) is 0 Å². The van der Waals surface area contributed by atoms with Gasteiger partial charge in [0, 0.05) is 13.5 Å². The van der Waals surface area contributed by atoms with Gasteiger partial charge in [0.1, 0.15) is 19.0 Å². The van der Waals surface area contributed by atoms with Crippen LogP contribution in [0.5, 0.6) is 0 Å². The summed E-state index contributed by atoms with van der Waals surface area (Å²) in [4.78, 5) is 0. The van der Waals surface area contributed by atoms with Gasteiger partial charge in [-0.2, -0.15) is 0 Å². The lowest BCUT2D eigenvalue weighted by molar-refractivity contribution is -0.143. The minimum atomic E-state index is -0.751. The molecule has 2 rings (SSSR count). The molecule has 0 amide bonds. The smallest absolute Gasteiger partial charge is 0.171 e. The average molecular weight is 189 g/mol. The second kappa shape index (κ2) is 3.51. The zero-order valence-electron chi connectivity index (χ0n) is 7.69. The van der Waals surface area contributed by atoms with Crippen molar-refractivity contribution in [3.8, 4) is 0 Å². The van der Waals surface area contributed by atoms with Crippen LogP contribution in [0.15, 0.2) is 0 Å². The Hall–Kier alpha value is -0.200. The predicted molar refractivity (Wildman–Crippen MR) is 44.0 cm³/mol. The molecule has 0 spiro atoms. The van der Waals surface area contributed by atoms with Gasteiger partial charge in [-0.25, -0.2) is 0 Å². The minimum Gasteiger partial charge on any atom is -0.371 e. The monoisotopic (exact) mass is 189 g/mol. The molecule has 2 N–H and O–H groups in total. The Kier molecular flexibility index (Phi) is 2.53. The van der Waals surface area contributed by atoms with E-state index in [-0.39, 0.29) is 19.0 Å². The van der Waals surface area contributed by atoms with E-state index in [2.05, 4.69) is 0 Å². The first-order valence-electron chi connectivity index (χ1n) is 4.42. The van der Waals surface area contributed by atoms with Gasteiger partial charge in [-0.3, -0.25) is 5.73 Å². The summed E-state index contributed by atoms with van der Waals surface area (Å²) in [7, 11) is 1.58. The maximum atomic E-state index is 6.02. The molecule has 2 saturated heterocycles. The van der Waals surface area contributed by atoms with Gasteiger partial charge in [-0.15, -0.1) is 0 Å². The highest BCUT2D eigenvalue weighted by Gasteiger charge is 2.54. The third-order valence-electron chi connectivity index (χ3n) is 2.57. The molecule has 0 radical (unpaired) electrons. The molecule has 0 bridgehead atoms. The fraction of sp³-hybridized carbons (Fsp3) is 1.00. The highest BCUT2D eigenvalue weighted by molar-refractivity contribution is 5.00. The molecule has 0 aromatic heterocycles. The standard InChI is InChI=1S/C8H15NO4/c1-10-5-12-7-4-11-6-2-3-13-8(6,7)9/h6-7H,2-5,9H2,1H3/t6-,7+,8+/m1/s1. The molecule has 13 heavy (non-hydrogen) atoms. The van der Waals surface area contributed by atoms with Crippen LogP contribution in [-0.2, 0) is 18.9 Å². The summed E-state index contributed by atoms with van der Waals surface area (Å²) in [6, 6.07) is 0. The second-order valence-electron chi connectivity index (χ2n) is 3.37. The topological polar surface area (TPSA) is 62.9 Å². The lowest BCUT2D eigenvalue weighted by Gasteiger charge is -2.27. The molecular weight excluding hydrogens is 174 g/mol. The van der Waals surface area contributed by atoms with Crippen LogP contribution in [0.25, 0.3) is 0 Å². The Bertz CT molecular complexity index is 189. The quantitative estimate of drug-likeness (QED) is 0.603. The number of fused-ring (bicyclic) bond motifs is 1. The van der Waals surface area contributed by atoms with Crippen molar-refractivity contribution in [1.29, 1.82) is 0 Å². The van der Waals surface area contributed by atoms with Crippen molar-refractivity contribution in [2.75, 3.05) is 27.1 Å². The van der Waals surface area contributed by atoms with Gasteiger partial charge in [-0.05, 0) is 0 Å². The van der Waals surface area contributed by atoms with Crippen molar-refractivity contribution in [3.05, 3.63) is 0 Å². The number of rotatable bonds is 3. The molecule has 0 unspecified atom stereocenters. The molecular formula is C8H15NO4. The van der Waals surface area contributed by atoms with Gasteiger partial charge in [-0.1, -0.05) is 0 Å². The summed E-state index contributed by atoms with van der Waals surface area (Å²) < 4.78 is 21.1. The van der Waals surface area contributed by atoms with Crippen LogP contribution < -0.4 is 5.73 Å². The van der Waals surface area contributed by atoms with E-state index in [1.165, 1.54) is 0 Å². The highest BCUT2D eigenvalue weighted by Crippen LogP contribution is 2.34. The molecule has 0 aromatic rings. The molecule has 0 aromatic carbocycles. The van der Waals surface area contributed by atoms with Gasteiger partial charge in [0.25, 0.3) is 0 Å². The molecule has 2 heterocycles. The Labute approximate surface area is 77.1 Å². The average Bonchev–Trinajstić information content (AvgIpc) is 2.59. The van der Waals surface area contributed by atoms with Crippen LogP contribution in [0.4, 0.5) is 0 Å². The van der Waals surface area contributed by atoms with Crippen LogP contribution in [0.1, 0.15) is 6.42 Å². The first-order valence-corrected chi connectivity index (χ1v) is 4.42. The Morgan fingerprint density at radius 2 is 2.46 bits per heavy atom. The molecule has 3 atom stereocenters. The van der Waals surface area contributed by atoms with E-state index in [9.17, 15) is 0 Å². The predicted octanol–water partition coefficient (Wildman–Crippen LogP) is -0.550. The number of methoxy groups -OCH3 is 1. The Morgan fingerprint density at radius 1 is 1.62 bits per heavy atom. The van der Waals surface area contributed by atoms with Crippen LogP contribution >= 0.6 is 0 Å². The Balaban J connectivity index is 1.97. The lowest BCUT2D eigenvalue weighted by atomic mass is 10.1. The molecule has 76 valence electrons. The van der Waals surface area contributed by atoms with Crippen LogP contribution in [0, 0.1) is 0 Å². The van der Waals surface area contributed by atoms with Gasteiger partial charge < -0.3 is 18.9 Å². The third-order valence-corrected chi connectivity index (χ3v) is 2.57. The van der Waals surface area contributed by atoms with Gasteiger partial charge in [0.15, 0.2) is 5.72 Å². The fourth-order valence-corrected chi connectivity index (χ4v) is 1.84. The molecule has 5 heteroatoms. The maximum absolute atomic E-state index is 6.02. The number of ether oxygens (including phenoxy) is 4. The van der Waals surface area contributed by atoms with Crippen molar-refractivity contribution in [1.82, 2.24) is 0 Å². The minimum absolute atomic E-state index is 0.0191. The highest BCUT2D eigenvalue weighted by atomic mass is 16.7. The van der Waals surface area contributed by atoms with Crippen molar-refractivity contribution in [2.24, 2.45) is 5.73 Å². The van der Waals surface area contributed by atoms with E-state index in [0.717, 1.165) is 6.42 Å². The molecule has 0 saturated carbocycles. The van der Waals surface area contributed by atoms with Crippen molar-refractivity contribution < 1.29 is 18.9 Å². The SMILES string of the molecule is COCO[C@H]1CO[C@@H]2CCO[C@]12N. The molecule has 2 aliphatic heterocycles. The van der Waals surface area contributed by atoms with Crippen molar-refractivity contribution >= 4 is 0 Å². The Morgan fingerprint density at radius 3 is 3.23 bits per heavy atom. The molecule has 0 aliphatic carbocycles. The fourth-order valence-electron chi connectivity index (χ4n) is 1.84. The van der Waals surface area contributed by atoms with E-state index >= 15 is 0 Å². The van der Waals surface area contributed by atoms with E-state index in [1.54, 1.807) is 7.11 Å². The maximum Gasteiger partial charge on any atom is 0.171 e. The molecule has 2 aliphatic rings. The van der Waals surface area contributed by atoms with Crippen LogP contribution in [0.2, 0.25) is 0 Å². The first-order chi connectivity index (χ1) is 6.27. The van der Waals surface area contributed by atoms with Gasteiger partial charge >= 0.3 is 0 Å². The van der Waals surface area contributed by atoms with Crippen LogP contribution in [0.3, 0.4) is 0 Å². The number of nitrogens with two attached hydrogens (primary N) is 1. The third kappa shape index (κ3) is 1.47. The largest absolute Gasteiger partial charge is 0.371 e. The summed E-state index contributed by atoms with van der Waals surface area (Å²) in [5.74, 6) is 0. The second-order valence-corrected chi connectivity index (χ2v) is 3.37. The van der Waals surface area contributed by atoms with Gasteiger partial charge in [0.05, 0.1) is 13.2 Å². The zero-order valence-corrected chi connectivity index (χ0v) is 7.69. The van der Waals surface area contributed by atoms with Crippen LogP contribution in [-0.4, -0.2) is 45.0 Å².